The summed E-state index contributed by atoms with van der Waals surface area (Å²) in [6.45, 7) is 13.0. The van der Waals surface area contributed by atoms with Crippen molar-refractivity contribution in [3.63, 3.8) is 0 Å². The molecule has 2 aromatic rings. The van der Waals surface area contributed by atoms with E-state index in [2.05, 4.69) is 64.6 Å². The van der Waals surface area contributed by atoms with Gasteiger partial charge in [0, 0.05) is 11.1 Å². The second-order valence-electron chi connectivity index (χ2n) is 6.87. The van der Waals surface area contributed by atoms with Crippen LogP contribution in [0.25, 0.3) is 10.9 Å². The Morgan fingerprint density at radius 2 is 1.90 bits per heavy atom. The molecule has 110 valence electrons. The van der Waals surface area contributed by atoms with E-state index in [4.69, 9.17) is 4.98 Å². The molecular formula is C20H25N. The number of rotatable bonds is 3. The van der Waals surface area contributed by atoms with Crippen molar-refractivity contribution in [1.82, 2.24) is 4.98 Å². The van der Waals surface area contributed by atoms with E-state index < -0.39 is 0 Å². The summed E-state index contributed by atoms with van der Waals surface area (Å²) in [4.78, 5) is 4.99. The van der Waals surface area contributed by atoms with E-state index in [1.54, 1.807) is 0 Å². The standard InChI is InChI=1S/C20H25N/c1-6-13(4)17-11-14(5)19-16(17)9-7-15-8-10-18(12(2)3)21-20(15)19/h6-10,12-14,17H,1,11H2,2-5H3. The number of allylic oxidation sites excluding steroid dienone is 1. The highest BCUT2D eigenvalue weighted by Gasteiger charge is 2.32. The molecule has 3 unspecified atom stereocenters. The lowest BCUT2D eigenvalue weighted by Gasteiger charge is -2.17. The van der Waals surface area contributed by atoms with E-state index in [9.17, 15) is 0 Å². The maximum Gasteiger partial charge on any atom is 0.0742 e. The Hall–Kier alpha value is -1.63. The molecule has 1 aromatic heterocycles. The predicted molar refractivity (Wildman–Crippen MR) is 91.0 cm³/mol. The van der Waals surface area contributed by atoms with Gasteiger partial charge in [-0.2, -0.15) is 0 Å². The molecule has 1 nitrogen and oxygen atoms in total. The molecule has 3 atom stereocenters. The zero-order chi connectivity index (χ0) is 15.1. The van der Waals surface area contributed by atoms with Crippen LogP contribution in [0.2, 0.25) is 0 Å². The van der Waals surface area contributed by atoms with Crippen molar-refractivity contribution in [2.45, 2.75) is 51.9 Å². The zero-order valence-electron chi connectivity index (χ0n) is 13.6. The fourth-order valence-corrected chi connectivity index (χ4v) is 3.69. The molecule has 1 aliphatic carbocycles. The third kappa shape index (κ3) is 2.29. The van der Waals surface area contributed by atoms with Gasteiger partial charge in [0.2, 0.25) is 0 Å². The van der Waals surface area contributed by atoms with Gasteiger partial charge in [0.15, 0.2) is 0 Å². The third-order valence-corrected chi connectivity index (χ3v) is 5.05. The number of hydrogen-bond acceptors (Lipinski definition) is 1. The van der Waals surface area contributed by atoms with E-state index >= 15 is 0 Å². The summed E-state index contributed by atoms with van der Waals surface area (Å²) in [5, 5.41) is 1.27. The molecule has 3 rings (SSSR count). The first kappa shape index (κ1) is 14.3. The van der Waals surface area contributed by atoms with Crippen molar-refractivity contribution in [2.75, 3.05) is 0 Å². The van der Waals surface area contributed by atoms with Gasteiger partial charge in [-0.15, -0.1) is 6.58 Å². The summed E-state index contributed by atoms with van der Waals surface area (Å²) < 4.78 is 0. The smallest absolute Gasteiger partial charge is 0.0742 e. The van der Waals surface area contributed by atoms with Gasteiger partial charge in [-0.05, 0) is 47.3 Å². The Bertz CT molecular complexity index is 684. The van der Waals surface area contributed by atoms with Gasteiger partial charge in [0.05, 0.1) is 5.52 Å². The monoisotopic (exact) mass is 279 g/mol. The number of aromatic nitrogens is 1. The highest BCUT2D eigenvalue weighted by atomic mass is 14.7. The van der Waals surface area contributed by atoms with Crippen molar-refractivity contribution < 1.29 is 0 Å². The lowest BCUT2D eigenvalue weighted by molar-refractivity contribution is 0.516. The van der Waals surface area contributed by atoms with Gasteiger partial charge < -0.3 is 0 Å². The number of nitrogens with zero attached hydrogens (tertiary/aromatic N) is 1. The molecule has 0 saturated heterocycles. The lowest BCUT2D eigenvalue weighted by Crippen LogP contribution is -2.03. The number of hydrogen-bond donors (Lipinski definition) is 0. The Balaban J connectivity index is 2.21. The average molecular weight is 279 g/mol. The minimum atomic E-state index is 0.477. The van der Waals surface area contributed by atoms with E-state index in [1.807, 2.05) is 0 Å². The lowest BCUT2D eigenvalue weighted by atomic mass is 9.88. The zero-order valence-corrected chi connectivity index (χ0v) is 13.6. The summed E-state index contributed by atoms with van der Waals surface area (Å²) >= 11 is 0. The fraction of sp³-hybridized carbons (Fsp3) is 0.450. The van der Waals surface area contributed by atoms with Crippen LogP contribution in [0.5, 0.6) is 0 Å². The molecule has 0 saturated carbocycles. The Morgan fingerprint density at radius 1 is 1.19 bits per heavy atom. The van der Waals surface area contributed by atoms with Gasteiger partial charge >= 0.3 is 0 Å². The molecule has 0 radical (unpaired) electrons. The Kier molecular flexibility index (Phi) is 3.61. The normalized spacial score (nSPS) is 22.5. The van der Waals surface area contributed by atoms with Crippen LogP contribution in [0.1, 0.15) is 68.7 Å². The molecule has 0 spiro atoms. The fourth-order valence-electron chi connectivity index (χ4n) is 3.69. The summed E-state index contributed by atoms with van der Waals surface area (Å²) in [6, 6.07) is 8.96. The van der Waals surface area contributed by atoms with Crippen LogP contribution in [0.4, 0.5) is 0 Å². The first-order valence-corrected chi connectivity index (χ1v) is 8.09. The first-order valence-electron chi connectivity index (χ1n) is 8.09. The van der Waals surface area contributed by atoms with Crippen molar-refractivity contribution >= 4 is 10.9 Å². The van der Waals surface area contributed by atoms with E-state index in [0.29, 0.717) is 23.7 Å². The maximum absolute atomic E-state index is 4.99. The topological polar surface area (TPSA) is 12.9 Å². The van der Waals surface area contributed by atoms with Gasteiger partial charge in [-0.25, -0.2) is 0 Å². The number of benzene rings is 1. The molecule has 21 heavy (non-hydrogen) atoms. The molecule has 1 aromatic carbocycles. The second-order valence-corrected chi connectivity index (χ2v) is 6.87. The molecular weight excluding hydrogens is 254 g/mol. The van der Waals surface area contributed by atoms with Crippen molar-refractivity contribution in [1.29, 1.82) is 0 Å². The van der Waals surface area contributed by atoms with E-state index in [1.165, 1.54) is 34.1 Å². The van der Waals surface area contributed by atoms with Crippen molar-refractivity contribution in [3.8, 4) is 0 Å². The summed E-state index contributed by atoms with van der Waals surface area (Å²) in [6.07, 6.45) is 3.31. The Labute approximate surface area is 128 Å². The van der Waals surface area contributed by atoms with Crippen LogP contribution >= 0.6 is 0 Å². The van der Waals surface area contributed by atoms with Crippen LogP contribution in [-0.2, 0) is 0 Å². The molecule has 0 N–H and O–H groups in total. The van der Waals surface area contributed by atoms with E-state index in [0.717, 1.165) is 0 Å². The molecule has 0 fully saturated rings. The largest absolute Gasteiger partial charge is 0.252 e. The molecule has 0 aliphatic heterocycles. The highest BCUT2D eigenvalue weighted by molar-refractivity contribution is 5.84. The van der Waals surface area contributed by atoms with Crippen molar-refractivity contribution in [3.05, 3.63) is 53.7 Å². The molecule has 0 amide bonds. The average Bonchev–Trinajstić information content (AvgIpc) is 2.83. The minimum absolute atomic E-state index is 0.477. The molecule has 1 aliphatic rings. The van der Waals surface area contributed by atoms with Gasteiger partial charge in [0.1, 0.15) is 0 Å². The van der Waals surface area contributed by atoms with Gasteiger partial charge in [0.25, 0.3) is 0 Å². The second kappa shape index (κ2) is 5.29. The number of pyridine rings is 1. The van der Waals surface area contributed by atoms with Gasteiger partial charge in [-0.1, -0.05) is 52.0 Å². The van der Waals surface area contributed by atoms with Crippen LogP contribution in [0.3, 0.4) is 0 Å². The quantitative estimate of drug-likeness (QED) is 0.650. The Morgan fingerprint density at radius 3 is 2.57 bits per heavy atom. The van der Waals surface area contributed by atoms with Crippen LogP contribution in [0.15, 0.2) is 36.9 Å². The van der Waals surface area contributed by atoms with Crippen LogP contribution in [-0.4, -0.2) is 4.98 Å². The minimum Gasteiger partial charge on any atom is -0.252 e. The summed E-state index contributed by atoms with van der Waals surface area (Å²) in [7, 11) is 0. The molecule has 1 heterocycles. The van der Waals surface area contributed by atoms with Crippen LogP contribution in [0, 0.1) is 5.92 Å². The maximum atomic E-state index is 4.99. The van der Waals surface area contributed by atoms with Crippen molar-refractivity contribution in [2.24, 2.45) is 5.92 Å². The van der Waals surface area contributed by atoms with E-state index in [-0.39, 0.29) is 0 Å². The predicted octanol–water partition coefficient (Wildman–Crippen LogP) is 5.77. The highest BCUT2D eigenvalue weighted by Crippen LogP contribution is 2.47. The molecule has 1 heteroatoms. The number of fused-ring (bicyclic) bond motifs is 3. The summed E-state index contributed by atoms with van der Waals surface area (Å²) in [5.74, 6) is 2.19. The first-order chi connectivity index (χ1) is 10.0. The third-order valence-electron chi connectivity index (χ3n) is 5.05. The SMILES string of the molecule is C=CC(C)C1CC(C)c2c1ccc1ccc(C(C)C)nc21. The summed E-state index contributed by atoms with van der Waals surface area (Å²) in [5.41, 5.74) is 5.40. The molecule has 0 bridgehead atoms. The van der Waals surface area contributed by atoms with Crippen LogP contribution < -0.4 is 0 Å². The van der Waals surface area contributed by atoms with Gasteiger partial charge in [-0.3, -0.25) is 4.98 Å².